The molecule has 1 aliphatic rings. The first-order chi connectivity index (χ1) is 10.7. The molecule has 8 heteroatoms. The number of guanidine groups is 1. The van der Waals surface area contributed by atoms with Crippen molar-refractivity contribution < 1.29 is 13.2 Å². The summed E-state index contributed by atoms with van der Waals surface area (Å²) < 4.78 is 36.6. The third-order valence-electron chi connectivity index (χ3n) is 4.46. The number of rotatable bonds is 6. The van der Waals surface area contributed by atoms with Crippen LogP contribution in [0.4, 0.5) is 13.2 Å². The van der Waals surface area contributed by atoms with E-state index in [-0.39, 0.29) is 30.5 Å². The highest BCUT2D eigenvalue weighted by Crippen LogP contribution is 2.21. The molecule has 4 nitrogen and oxygen atoms in total. The summed E-state index contributed by atoms with van der Waals surface area (Å²) in [7, 11) is 1.58. The van der Waals surface area contributed by atoms with Crippen molar-refractivity contribution in [3.05, 3.63) is 0 Å². The van der Waals surface area contributed by atoms with Gasteiger partial charge >= 0.3 is 6.18 Å². The van der Waals surface area contributed by atoms with Crippen LogP contribution in [0.3, 0.4) is 0 Å². The first-order valence-corrected chi connectivity index (χ1v) is 8.48. The van der Waals surface area contributed by atoms with Gasteiger partial charge in [-0.2, -0.15) is 13.2 Å². The van der Waals surface area contributed by atoms with E-state index in [9.17, 15) is 13.2 Å². The molecular formula is C16H32F3IN4. The highest BCUT2D eigenvalue weighted by molar-refractivity contribution is 14.0. The zero-order valence-corrected chi connectivity index (χ0v) is 17.4. The van der Waals surface area contributed by atoms with E-state index in [0.717, 1.165) is 19.0 Å². The van der Waals surface area contributed by atoms with Gasteiger partial charge in [0.25, 0.3) is 0 Å². The summed E-state index contributed by atoms with van der Waals surface area (Å²) in [5.74, 6) is 1.69. The fourth-order valence-corrected chi connectivity index (χ4v) is 2.89. The van der Waals surface area contributed by atoms with Gasteiger partial charge in [-0.25, -0.2) is 0 Å². The van der Waals surface area contributed by atoms with Crippen LogP contribution in [0.25, 0.3) is 0 Å². The Bertz CT molecular complexity index is 367. The molecule has 1 fully saturated rings. The molecule has 2 N–H and O–H groups in total. The molecule has 0 spiro atoms. The summed E-state index contributed by atoms with van der Waals surface area (Å²) >= 11 is 0. The van der Waals surface area contributed by atoms with Crippen LogP contribution >= 0.6 is 24.0 Å². The van der Waals surface area contributed by atoms with E-state index >= 15 is 0 Å². The smallest absolute Gasteiger partial charge is 0.356 e. The fraction of sp³-hybridized carbons (Fsp3) is 0.938. The van der Waals surface area contributed by atoms with Gasteiger partial charge in [0.2, 0.25) is 0 Å². The van der Waals surface area contributed by atoms with E-state index in [4.69, 9.17) is 0 Å². The van der Waals surface area contributed by atoms with Crippen LogP contribution in [0.1, 0.15) is 40.0 Å². The Kier molecular flexibility index (Phi) is 11.3. The SMILES string of the molecule is CN=C(NCCC(F)(F)F)NCC(C(C)C)N1CCC(C)CC1.I. The topological polar surface area (TPSA) is 39.7 Å². The molecule has 1 rings (SSSR count). The van der Waals surface area contributed by atoms with Crippen LogP contribution in [-0.2, 0) is 0 Å². The molecule has 0 aliphatic carbocycles. The van der Waals surface area contributed by atoms with Crippen molar-refractivity contribution >= 4 is 29.9 Å². The predicted molar refractivity (Wildman–Crippen MR) is 104 cm³/mol. The zero-order valence-electron chi connectivity index (χ0n) is 15.1. The maximum atomic E-state index is 12.2. The summed E-state index contributed by atoms with van der Waals surface area (Å²) in [6.45, 7) is 9.37. The van der Waals surface area contributed by atoms with E-state index in [1.807, 2.05) is 0 Å². The second-order valence-corrected chi connectivity index (χ2v) is 6.77. The molecule has 1 saturated heterocycles. The van der Waals surface area contributed by atoms with E-state index in [2.05, 4.69) is 41.3 Å². The van der Waals surface area contributed by atoms with Gasteiger partial charge in [-0.05, 0) is 37.8 Å². The maximum Gasteiger partial charge on any atom is 0.390 e. The number of alkyl halides is 3. The Morgan fingerprint density at radius 3 is 2.25 bits per heavy atom. The van der Waals surface area contributed by atoms with Crippen LogP contribution in [0.2, 0.25) is 0 Å². The first kappa shape index (κ1) is 23.8. The van der Waals surface area contributed by atoms with Gasteiger partial charge in [-0.3, -0.25) is 9.89 Å². The van der Waals surface area contributed by atoms with Crippen LogP contribution in [0, 0.1) is 11.8 Å². The summed E-state index contributed by atoms with van der Waals surface area (Å²) in [4.78, 5) is 6.49. The fourth-order valence-electron chi connectivity index (χ4n) is 2.89. The molecule has 0 saturated carbocycles. The summed E-state index contributed by atoms with van der Waals surface area (Å²) in [6.07, 6.45) is -2.58. The highest BCUT2D eigenvalue weighted by atomic mass is 127. The van der Waals surface area contributed by atoms with Gasteiger partial charge < -0.3 is 10.6 Å². The minimum absolute atomic E-state index is 0. The third kappa shape index (κ3) is 9.29. The maximum absolute atomic E-state index is 12.2. The summed E-state index contributed by atoms with van der Waals surface area (Å²) in [6, 6.07) is 0.365. The quantitative estimate of drug-likeness (QED) is 0.359. The Morgan fingerprint density at radius 2 is 1.79 bits per heavy atom. The molecule has 24 heavy (non-hydrogen) atoms. The standard InChI is InChI=1S/C16H31F3N4.HI/c1-12(2)14(23-9-5-13(3)6-10-23)11-22-15(20-4)21-8-7-16(17,18)19;/h12-14H,5-11H2,1-4H3,(H2,20,21,22);1H. The molecule has 1 heterocycles. The molecule has 0 aromatic heterocycles. The zero-order chi connectivity index (χ0) is 17.5. The number of aliphatic imine (C=N–C) groups is 1. The third-order valence-corrected chi connectivity index (χ3v) is 4.46. The normalized spacial score (nSPS) is 19.1. The van der Waals surface area contributed by atoms with E-state index < -0.39 is 12.6 Å². The number of halogens is 4. The number of likely N-dealkylation sites (tertiary alicyclic amines) is 1. The number of nitrogens with zero attached hydrogens (tertiary/aromatic N) is 2. The van der Waals surface area contributed by atoms with Gasteiger partial charge in [0.1, 0.15) is 0 Å². The molecule has 0 aromatic rings. The van der Waals surface area contributed by atoms with Crippen LogP contribution in [-0.4, -0.2) is 56.3 Å². The number of hydrogen-bond acceptors (Lipinski definition) is 2. The van der Waals surface area contributed by atoms with Gasteiger partial charge in [-0.15, -0.1) is 24.0 Å². The van der Waals surface area contributed by atoms with Crippen molar-refractivity contribution in [1.29, 1.82) is 0 Å². The molecule has 0 radical (unpaired) electrons. The average Bonchev–Trinajstić information content (AvgIpc) is 2.45. The number of nitrogens with one attached hydrogen (secondary N) is 2. The van der Waals surface area contributed by atoms with Crippen LogP contribution in [0.5, 0.6) is 0 Å². The summed E-state index contributed by atoms with van der Waals surface area (Å²) in [5, 5.41) is 5.91. The second-order valence-electron chi connectivity index (χ2n) is 6.77. The van der Waals surface area contributed by atoms with E-state index in [1.54, 1.807) is 7.05 Å². The lowest BCUT2D eigenvalue weighted by atomic mass is 9.94. The average molecular weight is 464 g/mol. The Labute approximate surface area is 161 Å². The molecule has 0 bridgehead atoms. The van der Waals surface area contributed by atoms with Gasteiger partial charge in [0.05, 0.1) is 6.42 Å². The van der Waals surface area contributed by atoms with Crippen LogP contribution < -0.4 is 10.6 Å². The van der Waals surface area contributed by atoms with E-state index in [1.165, 1.54) is 12.8 Å². The van der Waals surface area contributed by atoms with Crippen molar-refractivity contribution in [3.63, 3.8) is 0 Å². The van der Waals surface area contributed by atoms with E-state index in [0.29, 0.717) is 24.5 Å². The first-order valence-electron chi connectivity index (χ1n) is 8.48. The van der Waals surface area contributed by atoms with Crippen molar-refractivity contribution in [3.8, 4) is 0 Å². The van der Waals surface area contributed by atoms with Crippen molar-refractivity contribution in [1.82, 2.24) is 15.5 Å². The minimum atomic E-state index is -4.14. The molecule has 144 valence electrons. The summed E-state index contributed by atoms with van der Waals surface area (Å²) in [5.41, 5.74) is 0. The molecular weight excluding hydrogens is 432 g/mol. The largest absolute Gasteiger partial charge is 0.390 e. The lowest BCUT2D eigenvalue weighted by Crippen LogP contribution is -2.51. The lowest BCUT2D eigenvalue weighted by Gasteiger charge is -2.39. The monoisotopic (exact) mass is 464 g/mol. The molecule has 1 atom stereocenters. The van der Waals surface area contributed by atoms with Crippen molar-refractivity contribution in [2.24, 2.45) is 16.8 Å². The minimum Gasteiger partial charge on any atom is -0.356 e. The number of piperidine rings is 1. The molecule has 1 aliphatic heterocycles. The molecule has 1 unspecified atom stereocenters. The van der Waals surface area contributed by atoms with Crippen LogP contribution in [0.15, 0.2) is 4.99 Å². The van der Waals surface area contributed by atoms with Crippen molar-refractivity contribution in [2.75, 3.05) is 33.2 Å². The highest BCUT2D eigenvalue weighted by Gasteiger charge is 2.27. The number of hydrogen-bond donors (Lipinski definition) is 2. The Hall–Kier alpha value is -0.250. The van der Waals surface area contributed by atoms with Crippen molar-refractivity contribution in [2.45, 2.75) is 52.3 Å². The van der Waals surface area contributed by atoms with Gasteiger partial charge in [-0.1, -0.05) is 20.8 Å². The molecule has 0 amide bonds. The van der Waals surface area contributed by atoms with Gasteiger partial charge in [0, 0.05) is 26.2 Å². The second kappa shape index (κ2) is 11.4. The Morgan fingerprint density at radius 1 is 1.21 bits per heavy atom. The molecule has 0 aromatic carbocycles. The lowest BCUT2D eigenvalue weighted by molar-refractivity contribution is -0.132. The Balaban J connectivity index is 0.00000529. The predicted octanol–water partition coefficient (Wildman–Crippen LogP) is 3.48. The van der Waals surface area contributed by atoms with Gasteiger partial charge in [0.15, 0.2) is 5.96 Å².